The fraction of sp³-hybridized carbons (Fsp3) is 0.316. The molecule has 0 heterocycles. The molecule has 1 amide bonds. The Kier molecular flexibility index (Phi) is 5.98. The minimum absolute atomic E-state index is 0.219. The third kappa shape index (κ3) is 4.46. The second-order valence-electron chi connectivity index (χ2n) is 6.06. The van der Waals surface area contributed by atoms with Crippen LogP contribution in [0.15, 0.2) is 47.4 Å². The molecule has 25 heavy (non-hydrogen) atoms. The molecular weight excluding hydrogens is 336 g/mol. The Morgan fingerprint density at radius 1 is 1.04 bits per heavy atom. The van der Waals surface area contributed by atoms with Crippen molar-refractivity contribution in [2.24, 2.45) is 0 Å². The van der Waals surface area contributed by atoms with E-state index in [1.807, 2.05) is 38.1 Å². The van der Waals surface area contributed by atoms with Gasteiger partial charge in [0.25, 0.3) is 0 Å². The lowest BCUT2D eigenvalue weighted by atomic mass is 10.2. The highest BCUT2D eigenvalue weighted by atomic mass is 32.2. The van der Waals surface area contributed by atoms with Gasteiger partial charge in [0, 0.05) is 12.2 Å². The van der Waals surface area contributed by atoms with Crippen molar-refractivity contribution in [3.8, 4) is 0 Å². The van der Waals surface area contributed by atoms with Crippen LogP contribution in [0, 0.1) is 20.8 Å². The van der Waals surface area contributed by atoms with Gasteiger partial charge in [0.2, 0.25) is 15.9 Å². The van der Waals surface area contributed by atoms with Gasteiger partial charge in [0.1, 0.15) is 0 Å². The number of carbonyl (C=O) groups is 1. The van der Waals surface area contributed by atoms with Gasteiger partial charge in [0.05, 0.1) is 11.4 Å². The minimum atomic E-state index is -3.73. The van der Waals surface area contributed by atoms with Gasteiger partial charge in [0.15, 0.2) is 0 Å². The fourth-order valence-corrected chi connectivity index (χ4v) is 4.27. The maximum Gasteiger partial charge on any atom is 0.243 e. The lowest BCUT2D eigenvalue weighted by molar-refractivity contribution is -0.116. The zero-order valence-corrected chi connectivity index (χ0v) is 15.9. The molecule has 0 radical (unpaired) electrons. The van der Waals surface area contributed by atoms with E-state index in [0.29, 0.717) is 11.3 Å². The van der Waals surface area contributed by atoms with Crippen molar-refractivity contribution in [3.63, 3.8) is 0 Å². The first-order valence-electron chi connectivity index (χ1n) is 8.18. The van der Waals surface area contributed by atoms with Crippen molar-refractivity contribution >= 4 is 21.6 Å². The maximum absolute atomic E-state index is 12.9. The lowest BCUT2D eigenvalue weighted by Gasteiger charge is -2.21. The van der Waals surface area contributed by atoms with Crippen LogP contribution in [0.25, 0.3) is 0 Å². The van der Waals surface area contributed by atoms with Crippen molar-refractivity contribution in [1.29, 1.82) is 0 Å². The van der Waals surface area contributed by atoms with Crippen molar-refractivity contribution in [3.05, 3.63) is 59.2 Å². The molecule has 1 N–H and O–H groups in total. The number of likely N-dealkylation sites (N-methyl/N-ethyl adjacent to an activating group) is 1. The smallest absolute Gasteiger partial charge is 0.243 e. The van der Waals surface area contributed by atoms with Gasteiger partial charge in [-0.15, -0.1) is 0 Å². The molecule has 0 spiro atoms. The summed E-state index contributed by atoms with van der Waals surface area (Å²) in [6.07, 6.45) is 0. The summed E-state index contributed by atoms with van der Waals surface area (Å²) in [4.78, 5) is 12.6. The summed E-state index contributed by atoms with van der Waals surface area (Å²) in [6, 6.07) is 12.7. The van der Waals surface area contributed by atoms with Crippen LogP contribution in [0.1, 0.15) is 23.6 Å². The minimum Gasteiger partial charge on any atom is -0.325 e. The van der Waals surface area contributed by atoms with Crippen LogP contribution < -0.4 is 5.32 Å². The number of hydrogen-bond acceptors (Lipinski definition) is 3. The SMILES string of the molecule is CCN(CC(=O)Nc1ccccc1C)S(=O)(=O)c1cc(C)ccc1C. The largest absolute Gasteiger partial charge is 0.325 e. The van der Waals surface area contributed by atoms with Crippen LogP contribution in [0.4, 0.5) is 5.69 Å². The Morgan fingerprint density at radius 2 is 1.72 bits per heavy atom. The predicted molar refractivity (Wildman–Crippen MR) is 100 cm³/mol. The zero-order valence-electron chi connectivity index (χ0n) is 15.0. The second kappa shape index (κ2) is 7.80. The molecule has 0 aliphatic rings. The van der Waals surface area contributed by atoms with Crippen LogP contribution in [0.3, 0.4) is 0 Å². The van der Waals surface area contributed by atoms with E-state index < -0.39 is 10.0 Å². The van der Waals surface area contributed by atoms with E-state index in [-0.39, 0.29) is 23.9 Å². The average Bonchev–Trinajstić information content (AvgIpc) is 2.56. The van der Waals surface area contributed by atoms with E-state index in [1.165, 1.54) is 4.31 Å². The number of aryl methyl sites for hydroxylation is 3. The molecule has 0 atom stereocenters. The van der Waals surface area contributed by atoms with Crippen molar-refractivity contribution in [1.82, 2.24) is 4.31 Å². The first-order valence-corrected chi connectivity index (χ1v) is 9.62. The molecule has 0 saturated carbocycles. The van der Waals surface area contributed by atoms with Gasteiger partial charge in [-0.25, -0.2) is 8.42 Å². The van der Waals surface area contributed by atoms with Crippen LogP contribution >= 0.6 is 0 Å². The van der Waals surface area contributed by atoms with Gasteiger partial charge in [-0.2, -0.15) is 4.31 Å². The number of hydrogen-bond donors (Lipinski definition) is 1. The van der Waals surface area contributed by atoms with Gasteiger partial charge in [-0.05, 0) is 49.6 Å². The molecule has 0 fully saturated rings. The van der Waals surface area contributed by atoms with E-state index in [9.17, 15) is 13.2 Å². The summed E-state index contributed by atoms with van der Waals surface area (Å²) in [7, 11) is -3.73. The molecule has 2 aromatic rings. The molecule has 0 saturated heterocycles. The number of rotatable bonds is 6. The summed E-state index contributed by atoms with van der Waals surface area (Å²) < 4.78 is 27.1. The summed E-state index contributed by atoms with van der Waals surface area (Å²) in [5.41, 5.74) is 3.15. The maximum atomic E-state index is 12.9. The molecule has 6 heteroatoms. The first kappa shape index (κ1) is 19.1. The van der Waals surface area contributed by atoms with Gasteiger partial charge >= 0.3 is 0 Å². The Hall–Kier alpha value is -2.18. The molecule has 0 aromatic heterocycles. The Labute approximate surface area is 149 Å². The first-order chi connectivity index (χ1) is 11.8. The molecule has 0 unspecified atom stereocenters. The van der Waals surface area contributed by atoms with Gasteiger partial charge in [-0.3, -0.25) is 4.79 Å². The number of para-hydroxylation sites is 1. The fourth-order valence-electron chi connectivity index (χ4n) is 2.55. The summed E-state index contributed by atoms with van der Waals surface area (Å²) >= 11 is 0. The highest BCUT2D eigenvalue weighted by molar-refractivity contribution is 7.89. The molecule has 134 valence electrons. The highest BCUT2D eigenvalue weighted by Gasteiger charge is 2.27. The second-order valence-corrected chi connectivity index (χ2v) is 7.97. The summed E-state index contributed by atoms with van der Waals surface area (Å²) in [6.45, 7) is 7.22. The number of nitrogens with one attached hydrogen (secondary N) is 1. The zero-order chi connectivity index (χ0) is 18.6. The van der Waals surface area contributed by atoms with Crippen molar-refractivity contribution in [2.75, 3.05) is 18.4 Å². The van der Waals surface area contributed by atoms with E-state index in [4.69, 9.17) is 0 Å². The summed E-state index contributed by atoms with van der Waals surface area (Å²) in [5.74, 6) is -0.356. The topological polar surface area (TPSA) is 66.5 Å². The quantitative estimate of drug-likeness (QED) is 0.860. The third-order valence-corrected chi connectivity index (χ3v) is 6.12. The number of benzene rings is 2. The number of amides is 1. The highest BCUT2D eigenvalue weighted by Crippen LogP contribution is 2.21. The molecular formula is C19H24N2O3S. The van der Waals surface area contributed by atoms with Crippen LogP contribution in [-0.2, 0) is 14.8 Å². The van der Waals surface area contributed by atoms with Crippen molar-refractivity contribution in [2.45, 2.75) is 32.6 Å². The molecule has 2 rings (SSSR count). The summed E-state index contributed by atoms with van der Waals surface area (Å²) in [5, 5.41) is 2.78. The third-order valence-electron chi connectivity index (χ3n) is 4.05. The van der Waals surface area contributed by atoms with E-state index >= 15 is 0 Å². The number of anilines is 1. The van der Waals surface area contributed by atoms with Crippen LogP contribution in [0.2, 0.25) is 0 Å². The monoisotopic (exact) mass is 360 g/mol. The molecule has 0 aliphatic heterocycles. The molecule has 2 aromatic carbocycles. The van der Waals surface area contributed by atoms with E-state index in [1.54, 1.807) is 32.0 Å². The number of carbonyl (C=O) groups excluding carboxylic acids is 1. The predicted octanol–water partition coefficient (Wildman–Crippen LogP) is 3.26. The van der Waals surface area contributed by atoms with Gasteiger partial charge in [-0.1, -0.05) is 37.3 Å². The average molecular weight is 360 g/mol. The Bertz CT molecular complexity index is 876. The molecule has 5 nitrogen and oxygen atoms in total. The normalized spacial score (nSPS) is 11.6. The van der Waals surface area contributed by atoms with E-state index in [2.05, 4.69) is 5.32 Å². The van der Waals surface area contributed by atoms with Crippen LogP contribution in [-0.4, -0.2) is 31.7 Å². The molecule has 0 aliphatic carbocycles. The standard InChI is InChI=1S/C19H24N2O3S/c1-5-21(13-19(22)20-17-9-7-6-8-15(17)3)25(23,24)18-12-14(2)10-11-16(18)4/h6-12H,5,13H2,1-4H3,(H,20,22). The van der Waals surface area contributed by atoms with Crippen molar-refractivity contribution < 1.29 is 13.2 Å². The Balaban J connectivity index is 2.22. The Morgan fingerprint density at radius 3 is 2.36 bits per heavy atom. The molecule has 0 bridgehead atoms. The number of sulfonamides is 1. The van der Waals surface area contributed by atoms with E-state index in [0.717, 1.165) is 11.1 Å². The van der Waals surface area contributed by atoms with Crippen LogP contribution in [0.5, 0.6) is 0 Å². The number of nitrogens with zero attached hydrogens (tertiary/aromatic N) is 1. The lowest BCUT2D eigenvalue weighted by Crippen LogP contribution is -2.38. The van der Waals surface area contributed by atoms with Gasteiger partial charge < -0.3 is 5.32 Å².